The fraction of sp³-hybridized carbons (Fsp3) is 0.364. The minimum atomic E-state index is -0.834. The molecule has 4 nitrogen and oxygen atoms in total. The SMILES string of the molecule is NC(=O)N(O)CC1CC1c1cc(Cl)cc(Cl)c1. The van der Waals surface area contributed by atoms with Crippen molar-refractivity contribution in [2.45, 2.75) is 12.3 Å². The molecule has 2 unspecified atom stereocenters. The minimum absolute atomic E-state index is 0.210. The molecule has 2 atom stereocenters. The zero-order valence-electron chi connectivity index (χ0n) is 8.94. The van der Waals surface area contributed by atoms with E-state index in [0.717, 1.165) is 12.0 Å². The predicted octanol–water partition coefficient (Wildman–Crippen LogP) is 2.87. The summed E-state index contributed by atoms with van der Waals surface area (Å²) in [7, 11) is 0. The Morgan fingerprint density at radius 1 is 1.41 bits per heavy atom. The molecule has 6 heteroatoms. The molecule has 92 valence electrons. The highest BCUT2D eigenvalue weighted by Gasteiger charge is 2.40. The van der Waals surface area contributed by atoms with Crippen LogP contribution in [0.2, 0.25) is 10.0 Å². The summed E-state index contributed by atoms with van der Waals surface area (Å²) >= 11 is 11.8. The van der Waals surface area contributed by atoms with Crippen LogP contribution in [0.5, 0.6) is 0 Å². The molecular formula is C11H12Cl2N2O2. The van der Waals surface area contributed by atoms with Crippen LogP contribution >= 0.6 is 23.2 Å². The molecule has 1 aromatic carbocycles. The Morgan fingerprint density at radius 3 is 2.53 bits per heavy atom. The van der Waals surface area contributed by atoms with Crippen LogP contribution in [-0.4, -0.2) is 22.8 Å². The van der Waals surface area contributed by atoms with Crippen molar-refractivity contribution in [1.29, 1.82) is 0 Å². The zero-order valence-corrected chi connectivity index (χ0v) is 10.4. The molecule has 0 heterocycles. The molecule has 1 saturated carbocycles. The van der Waals surface area contributed by atoms with Gasteiger partial charge in [-0.15, -0.1) is 0 Å². The van der Waals surface area contributed by atoms with E-state index in [1.54, 1.807) is 6.07 Å². The fourth-order valence-electron chi connectivity index (χ4n) is 1.96. The lowest BCUT2D eigenvalue weighted by Gasteiger charge is -2.11. The van der Waals surface area contributed by atoms with Crippen LogP contribution in [0.1, 0.15) is 17.9 Å². The average Bonchev–Trinajstić information content (AvgIpc) is 2.95. The first kappa shape index (κ1) is 12.5. The van der Waals surface area contributed by atoms with Gasteiger partial charge in [0.25, 0.3) is 0 Å². The molecule has 0 aromatic heterocycles. The molecule has 0 aliphatic heterocycles. The maximum atomic E-state index is 10.7. The summed E-state index contributed by atoms with van der Waals surface area (Å²) in [6.45, 7) is 0.240. The topological polar surface area (TPSA) is 66.6 Å². The second-order valence-corrected chi connectivity index (χ2v) is 5.10. The van der Waals surface area contributed by atoms with Crippen LogP contribution in [0.3, 0.4) is 0 Å². The number of urea groups is 1. The summed E-state index contributed by atoms with van der Waals surface area (Å²) in [5.74, 6) is 0.488. The molecule has 1 aliphatic carbocycles. The van der Waals surface area contributed by atoms with Crippen molar-refractivity contribution in [3.8, 4) is 0 Å². The maximum absolute atomic E-state index is 10.7. The third-order valence-electron chi connectivity index (χ3n) is 2.90. The van der Waals surface area contributed by atoms with Gasteiger partial charge in [-0.2, -0.15) is 0 Å². The number of hydroxylamine groups is 2. The van der Waals surface area contributed by atoms with Crippen molar-refractivity contribution >= 4 is 29.2 Å². The summed E-state index contributed by atoms with van der Waals surface area (Å²) in [5, 5.41) is 10.9. The van der Waals surface area contributed by atoms with E-state index in [1.807, 2.05) is 12.1 Å². The molecule has 0 saturated heterocycles. The smallest absolute Gasteiger partial charge is 0.338 e. The monoisotopic (exact) mass is 274 g/mol. The summed E-state index contributed by atoms with van der Waals surface area (Å²) in [4.78, 5) is 10.7. The number of primary amides is 1. The van der Waals surface area contributed by atoms with Gasteiger partial charge in [-0.3, -0.25) is 5.21 Å². The van der Waals surface area contributed by atoms with E-state index in [4.69, 9.17) is 28.9 Å². The number of amides is 2. The van der Waals surface area contributed by atoms with Crippen LogP contribution in [0, 0.1) is 5.92 Å². The Balaban J connectivity index is 2.00. The third kappa shape index (κ3) is 3.03. The van der Waals surface area contributed by atoms with E-state index in [9.17, 15) is 10.0 Å². The van der Waals surface area contributed by atoms with Gasteiger partial charge < -0.3 is 5.73 Å². The molecule has 17 heavy (non-hydrogen) atoms. The number of nitrogens with two attached hydrogens (primary N) is 1. The van der Waals surface area contributed by atoms with Crippen LogP contribution in [-0.2, 0) is 0 Å². The molecule has 1 fully saturated rings. The highest BCUT2D eigenvalue weighted by molar-refractivity contribution is 6.34. The predicted molar refractivity (Wildman–Crippen MR) is 65.4 cm³/mol. The molecule has 2 amide bonds. The lowest BCUT2D eigenvalue weighted by Crippen LogP contribution is -2.34. The van der Waals surface area contributed by atoms with Crippen molar-refractivity contribution < 1.29 is 10.0 Å². The first-order valence-electron chi connectivity index (χ1n) is 5.19. The van der Waals surface area contributed by atoms with E-state index in [2.05, 4.69) is 0 Å². The number of nitrogens with zero attached hydrogens (tertiary/aromatic N) is 1. The van der Waals surface area contributed by atoms with E-state index in [0.29, 0.717) is 15.1 Å². The van der Waals surface area contributed by atoms with Gasteiger partial charge >= 0.3 is 6.03 Å². The van der Waals surface area contributed by atoms with Crippen molar-refractivity contribution in [3.05, 3.63) is 33.8 Å². The maximum Gasteiger partial charge on any atom is 0.338 e. The van der Waals surface area contributed by atoms with Gasteiger partial charge in [0.1, 0.15) is 0 Å². The van der Waals surface area contributed by atoms with E-state index in [1.165, 1.54) is 0 Å². The molecule has 2 rings (SSSR count). The van der Waals surface area contributed by atoms with E-state index in [-0.39, 0.29) is 18.4 Å². The second kappa shape index (κ2) is 4.72. The van der Waals surface area contributed by atoms with Gasteiger partial charge in [0.15, 0.2) is 0 Å². The second-order valence-electron chi connectivity index (χ2n) is 4.23. The summed E-state index contributed by atoms with van der Waals surface area (Å²) in [6.07, 6.45) is 0.890. The summed E-state index contributed by atoms with van der Waals surface area (Å²) in [5.41, 5.74) is 5.97. The molecule has 1 aliphatic rings. The third-order valence-corrected chi connectivity index (χ3v) is 3.33. The Bertz CT molecular complexity index is 433. The van der Waals surface area contributed by atoms with Crippen LogP contribution in [0.25, 0.3) is 0 Å². The van der Waals surface area contributed by atoms with E-state index < -0.39 is 6.03 Å². The lowest BCUT2D eigenvalue weighted by molar-refractivity contribution is -0.0431. The van der Waals surface area contributed by atoms with Gasteiger partial charge in [0, 0.05) is 10.0 Å². The van der Waals surface area contributed by atoms with Crippen LogP contribution < -0.4 is 5.73 Å². The van der Waals surface area contributed by atoms with Crippen molar-refractivity contribution in [2.75, 3.05) is 6.54 Å². The average molecular weight is 275 g/mol. The van der Waals surface area contributed by atoms with Gasteiger partial charge in [-0.1, -0.05) is 23.2 Å². The van der Waals surface area contributed by atoms with Crippen molar-refractivity contribution in [3.63, 3.8) is 0 Å². The molecule has 1 aromatic rings. The first-order chi connectivity index (χ1) is 7.97. The fourth-order valence-corrected chi connectivity index (χ4v) is 2.50. The minimum Gasteiger partial charge on any atom is -0.350 e. The number of carbonyl (C=O) groups excluding carboxylic acids is 1. The molecular weight excluding hydrogens is 263 g/mol. The highest BCUT2D eigenvalue weighted by atomic mass is 35.5. The van der Waals surface area contributed by atoms with Gasteiger partial charge in [-0.05, 0) is 42.0 Å². The normalized spacial score (nSPS) is 22.3. The van der Waals surface area contributed by atoms with Crippen LogP contribution in [0.15, 0.2) is 18.2 Å². The quantitative estimate of drug-likeness (QED) is 0.658. The Morgan fingerprint density at radius 2 is 2.00 bits per heavy atom. The van der Waals surface area contributed by atoms with Gasteiger partial charge in [-0.25, -0.2) is 9.86 Å². The molecule has 0 spiro atoms. The highest BCUT2D eigenvalue weighted by Crippen LogP contribution is 2.48. The number of benzene rings is 1. The zero-order chi connectivity index (χ0) is 12.6. The van der Waals surface area contributed by atoms with E-state index >= 15 is 0 Å². The standard InChI is InChI=1S/C11H12Cl2N2O2/c12-8-1-6(2-9(13)4-8)10-3-7(10)5-15(17)11(14)16/h1-2,4,7,10,17H,3,5H2,(H2,14,16). The number of halogens is 2. The molecule has 0 bridgehead atoms. The summed E-state index contributed by atoms with van der Waals surface area (Å²) < 4.78 is 0. The number of carbonyl (C=O) groups is 1. The van der Waals surface area contributed by atoms with Crippen LogP contribution in [0.4, 0.5) is 4.79 Å². The molecule has 3 N–H and O–H groups in total. The molecule has 0 radical (unpaired) electrons. The van der Waals surface area contributed by atoms with Crippen molar-refractivity contribution in [1.82, 2.24) is 5.06 Å². The van der Waals surface area contributed by atoms with Gasteiger partial charge in [0.2, 0.25) is 0 Å². The number of hydrogen-bond acceptors (Lipinski definition) is 2. The Labute approximate surface area is 109 Å². The Kier molecular flexibility index (Phi) is 3.47. The van der Waals surface area contributed by atoms with Crippen molar-refractivity contribution in [2.24, 2.45) is 11.7 Å². The van der Waals surface area contributed by atoms with Gasteiger partial charge in [0.05, 0.1) is 6.54 Å². The Hall–Kier alpha value is -0.970. The lowest BCUT2D eigenvalue weighted by atomic mass is 10.1. The largest absolute Gasteiger partial charge is 0.350 e. The number of rotatable bonds is 3. The number of hydrogen-bond donors (Lipinski definition) is 2. The summed E-state index contributed by atoms with van der Waals surface area (Å²) in [6, 6.07) is 4.54. The first-order valence-corrected chi connectivity index (χ1v) is 5.95.